The highest BCUT2D eigenvalue weighted by Gasteiger charge is 2.17. The van der Waals surface area contributed by atoms with Crippen molar-refractivity contribution in [2.24, 2.45) is 0 Å². The number of amides is 1. The van der Waals surface area contributed by atoms with Crippen LogP contribution < -0.4 is 5.32 Å². The van der Waals surface area contributed by atoms with E-state index in [4.69, 9.17) is 14.4 Å². The van der Waals surface area contributed by atoms with E-state index in [2.05, 4.69) is 10.3 Å². The third-order valence-electron chi connectivity index (χ3n) is 3.71. The van der Waals surface area contributed by atoms with Gasteiger partial charge in [-0.15, -0.1) is 11.3 Å². The molecule has 1 aromatic carbocycles. The first-order valence-corrected chi connectivity index (χ1v) is 9.18. The minimum atomic E-state index is -0.789. The number of nitrogens with zero attached hydrogens (tertiary/aromatic N) is 2. The molecule has 0 unspecified atom stereocenters. The van der Waals surface area contributed by atoms with Crippen molar-refractivity contribution in [2.45, 2.75) is 12.8 Å². The van der Waals surface area contributed by atoms with Crippen molar-refractivity contribution in [3.63, 3.8) is 0 Å². The Morgan fingerprint density at radius 3 is 2.76 bits per heavy atom. The highest BCUT2D eigenvalue weighted by atomic mass is 32.1. The molecule has 148 valence electrons. The number of anilines is 1. The molecule has 0 radical (unpaired) electrons. The summed E-state index contributed by atoms with van der Waals surface area (Å²) in [6, 6.07) is 6.91. The average Bonchev–Trinajstić information content (AvgIpc) is 3.34. The van der Waals surface area contributed by atoms with Crippen LogP contribution in [0, 0.1) is 23.0 Å². The topological polar surface area (TPSA) is 105 Å². The van der Waals surface area contributed by atoms with Gasteiger partial charge in [0, 0.05) is 6.42 Å². The van der Waals surface area contributed by atoms with Crippen molar-refractivity contribution >= 4 is 28.2 Å². The van der Waals surface area contributed by atoms with E-state index in [0.29, 0.717) is 10.6 Å². The van der Waals surface area contributed by atoms with E-state index < -0.39 is 30.1 Å². The molecule has 29 heavy (non-hydrogen) atoms. The van der Waals surface area contributed by atoms with Crippen molar-refractivity contribution in [2.75, 3.05) is 11.9 Å². The maximum absolute atomic E-state index is 13.8. The summed E-state index contributed by atoms with van der Waals surface area (Å²) < 4.78 is 37.7. The number of hydrogen-bond donors (Lipinski definition) is 1. The lowest BCUT2D eigenvalue weighted by molar-refractivity contribution is -0.147. The first-order chi connectivity index (χ1) is 14.0. The molecule has 3 aromatic rings. The van der Waals surface area contributed by atoms with Gasteiger partial charge in [0.05, 0.1) is 23.7 Å². The van der Waals surface area contributed by atoms with E-state index in [0.717, 1.165) is 12.1 Å². The number of halogens is 2. The Balaban J connectivity index is 1.48. The summed E-state index contributed by atoms with van der Waals surface area (Å²) >= 11 is 1.18. The van der Waals surface area contributed by atoms with Crippen LogP contribution in [0.25, 0.3) is 11.3 Å². The van der Waals surface area contributed by atoms with E-state index in [1.54, 1.807) is 11.4 Å². The lowest BCUT2D eigenvalue weighted by Crippen LogP contribution is -2.20. The fourth-order valence-corrected chi connectivity index (χ4v) is 3.11. The van der Waals surface area contributed by atoms with Gasteiger partial charge in [0.15, 0.2) is 18.3 Å². The number of esters is 1. The quantitative estimate of drug-likeness (QED) is 0.588. The number of thiophene rings is 1. The second kappa shape index (κ2) is 9.07. The Bertz CT molecular complexity index is 1070. The normalized spacial score (nSPS) is 10.4. The van der Waals surface area contributed by atoms with Gasteiger partial charge < -0.3 is 14.5 Å². The molecular formula is C19H13F2N3O4S. The third-order valence-corrected chi connectivity index (χ3v) is 4.54. The molecule has 1 amide bonds. The van der Waals surface area contributed by atoms with Gasteiger partial charge in [0.2, 0.25) is 0 Å². The van der Waals surface area contributed by atoms with Crippen molar-refractivity contribution in [3.05, 3.63) is 58.9 Å². The third kappa shape index (κ3) is 5.03. The molecule has 0 aliphatic carbocycles. The minimum absolute atomic E-state index is 0.0278. The Kier molecular flexibility index (Phi) is 6.31. The first-order valence-electron chi connectivity index (χ1n) is 8.30. The minimum Gasteiger partial charge on any atom is -0.456 e. The zero-order valence-electron chi connectivity index (χ0n) is 14.8. The zero-order chi connectivity index (χ0) is 20.8. The van der Waals surface area contributed by atoms with Crippen LogP contribution in [0.2, 0.25) is 0 Å². The monoisotopic (exact) mass is 417 g/mol. The van der Waals surface area contributed by atoms with E-state index in [1.165, 1.54) is 23.6 Å². The standard InChI is InChI=1S/C19H13F2N3O4S/c20-12-2-1-3-13(21)18(12)14-9-23-16(28-14)4-5-17(26)27-10-15(25)24-19-11(8-22)6-7-29-19/h1-3,6-7,9H,4-5,10H2,(H,24,25). The number of oxazole rings is 1. The summed E-state index contributed by atoms with van der Waals surface area (Å²) in [5.74, 6) is -2.82. The summed E-state index contributed by atoms with van der Waals surface area (Å²) in [4.78, 5) is 27.5. The van der Waals surface area contributed by atoms with Crippen LogP contribution in [-0.4, -0.2) is 23.5 Å². The van der Waals surface area contributed by atoms with Crippen LogP contribution in [-0.2, 0) is 20.7 Å². The smallest absolute Gasteiger partial charge is 0.306 e. The lowest BCUT2D eigenvalue weighted by atomic mass is 10.1. The second-order valence-corrected chi connectivity index (χ2v) is 6.62. The van der Waals surface area contributed by atoms with Crippen molar-refractivity contribution < 1.29 is 27.5 Å². The number of carbonyl (C=O) groups excluding carboxylic acids is 2. The lowest BCUT2D eigenvalue weighted by Gasteiger charge is -2.05. The number of carbonyl (C=O) groups is 2. The number of aryl methyl sites for hydroxylation is 1. The van der Waals surface area contributed by atoms with Gasteiger partial charge in [-0.3, -0.25) is 9.59 Å². The van der Waals surface area contributed by atoms with Crippen molar-refractivity contribution in [3.8, 4) is 17.4 Å². The van der Waals surface area contributed by atoms with Crippen LogP contribution in [0.5, 0.6) is 0 Å². The van der Waals surface area contributed by atoms with Crippen LogP contribution in [0.1, 0.15) is 17.9 Å². The molecule has 0 bridgehead atoms. The number of aromatic nitrogens is 1. The molecule has 0 fully saturated rings. The van der Waals surface area contributed by atoms with Crippen LogP contribution >= 0.6 is 11.3 Å². The van der Waals surface area contributed by atoms with Gasteiger partial charge >= 0.3 is 5.97 Å². The van der Waals surface area contributed by atoms with Crippen LogP contribution in [0.4, 0.5) is 13.8 Å². The largest absolute Gasteiger partial charge is 0.456 e. The molecule has 0 saturated carbocycles. The van der Waals surface area contributed by atoms with E-state index >= 15 is 0 Å². The SMILES string of the molecule is N#Cc1ccsc1NC(=O)COC(=O)CCc1ncc(-c2c(F)cccc2F)o1. The molecule has 1 N–H and O–H groups in total. The summed E-state index contributed by atoms with van der Waals surface area (Å²) in [5, 5.41) is 13.4. The van der Waals surface area contributed by atoms with Gasteiger partial charge in [-0.05, 0) is 23.6 Å². The van der Waals surface area contributed by atoms with Gasteiger partial charge in [0.25, 0.3) is 5.91 Å². The van der Waals surface area contributed by atoms with Crippen LogP contribution in [0.3, 0.4) is 0 Å². The molecule has 2 aromatic heterocycles. The number of nitriles is 1. The maximum atomic E-state index is 13.8. The van der Waals surface area contributed by atoms with E-state index in [1.807, 2.05) is 6.07 Å². The van der Waals surface area contributed by atoms with Gasteiger partial charge in [0.1, 0.15) is 22.7 Å². The molecule has 3 rings (SSSR count). The van der Waals surface area contributed by atoms with Gasteiger partial charge in [-0.2, -0.15) is 5.26 Å². The predicted molar refractivity (Wildman–Crippen MR) is 98.8 cm³/mol. The second-order valence-electron chi connectivity index (χ2n) is 5.70. The Labute approximate surface area is 167 Å². The summed E-state index contributed by atoms with van der Waals surface area (Å²) in [6.07, 6.45) is 1.05. The molecule has 10 heteroatoms. The molecule has 2 heterocycles. The average molecular weight is 417 g/mol. The summed E-state index contributed by atoms with van der Waals surface area (Å²) in [7, 11) is 0. The number of nitrogens with one attached hydrogen (secondary N) is 1. The Morgan fingerprint density at radius 1 is 1.28 bits per heavy atom. The molecule has 0 atom stereocenters. The van der Waals surface area contributed by atoms with E-state index in [9.17, 15) is 18.4 Å². The molecule has 0 spiro atoms. The predicted octanol–water partition coefficient (Wildman–Crippen LogP) is 3.67. The maximum Gasteiger partial charge on any atom is 0.306 e. The molecule has 0 aliphatic rings. The molecule has 0 aliphatic heterocycles. The Morgan fingerprint density at radius 2 is 2.03 bits per heavy atom. The first kappa shape index (κ1) is 20.2. The van der Waals surface area contributed by atoms with Gasteiger partial charge in [-0.25, -0.2) is 13.8 Å². The van der Waals surface area contributed by atoms with Gasteiger partial charge in [-0.1, -0.05) is 6.07 Å². The number of hydrogen-bond acceptors (Lipinski definition) is 7. The molecular weight excluding hydrogens is 404 g/mol. The fraction of sp³-hybridized carbons (Fsp3) is 0.158. The zero-order valence-corrected chi connectivity index (χ0v) is 15.6. The summed E-state index contributed by atoms with van der Waals surface area (Å²) in [5.41, 5.74) is -0.0172. The van der Waals surface area contributed by atoms with Crippen LogP contribution in [0.15, 0.2) is 40.3 Å². The van der Waals surface area contributed by atoms with Crippen molar-refractivity contribution in [1.29, 1.82) is 5.26 Å². The number of rotatable bonds is 7. The highest BCUT2D eigenvalue weighted by Crippen LogP contribution is 2.27. The number of benzene rings is 1. The number of ether oxygens (including phenoxy) is 1. The summed E-state index contributed by atoms with van der Waals surface area (Å²) in [6.45, 7) is -0.515. The van der Waals surface area contributed by atoms with Crippen molar-refractivity contribution in [1.82, 2.24) is 4.98 Å². The highest BCUT2D eigenvalue weighted by molar-refractivity contribution is 7.14. The molecule has 0 saturated heterocycles. The fourth-order valence-electron chi connectivity index (χ4n) is 2.36. The Hall–Kier alpha value is -3.58. The van der Waals surface area contributed by atoms with E-state index in [-0.39, 0.29) is 30.1 Å². The molecule has 7 nitrogen and oxygen atoms in total.